The molecule has 0 bridgehead atoms. The highest BCUT2D eigenvalue weighted by Crippen LogP contribution is 2.62. The number of rotatable bonds is 3. The van der Waals surface area contributed by atoms with Gasteiger partial charge in [-0.25, -0.2) is 0 Å². The number of carbonyl (C=O) groups excluding carboxylic acids is 1. The smallest absolute Gasteiger partial charge is 0.229 e. The predicted molar refractivity (Wildman–Crippen MR) is 102 cm³/mol. The second-order valence-corrected chi connectivity index (χ2v) is 9.26. The number of aryl methyl sites for hydroxylation is 1. The highest BCUT2D eigenvalue weighted by Gasteiger charge is 2.63. The van der Waals surface area contributed by atoms with E-state index in [-0.39, 0.29) is 5.41 Å². The van der Waals surface area contributed by atoms with E-state index >= 15 is 0 Å². The molecule has 5 heteroatoms. The van der Waals surface area contributed by atoms with Gasteiger partial charge in [-0.05, 0) is 76.2 Å². The van der Waals surface area contributed by atoms with Crippen molar-refractivity contribution in [3.8, 4) is 0 Å². The maximum Gasteiger partial charge on any atom is 0.229 e. The molecule has 1 aromatic heterocycles. The Bertz CT molecular complexity index is 675. The van der Waals surface area contributed by atoms with E-state index in [1.165, 1.54) is 19.3 Å². The molecule has 26 heavy (non-hydrogen) atoms. The summed E-state index contributed by atoms with van der Waals surface area (Å²) in [6, 6.07) is 4.15. The van der Waals surface area contributed by atoms with Crippen molar-refractivity contribution < 1.29 is 9.21 Å². The van der Waals surface area contributed by atoms with Gasteiger partial charge in [-0.3, -0.25) is 9.69 Å². The highest BCUT2D eigenvalue weighted by atomic mass is 16.3. The van der Waals surface area contributed by atoms with Crippen molar-refractivity contribution in [1.29, 1.82) is 0 Å². The minimum absolute atomic E-state index is 0.140. The van der Waals surface area contributed by atoms with Gasteiger partial charge in [0.2, 0.25) is 5.91 Å². The second kappa shape index (κ2) is 6.38. The molecule has 1 saturated carbocycles. The summed E-state index contributed by atoms with van der Waals surface area (Å²) in [5.41, 5.74) is 0.213. The molecule has 5 nitrogen and oxygen atoms in total. The number of hydrogen-bond donors (Lipinski definition) is 0. The standard InChI is InChI=1S/C21H33N3O2/c1-16-5-6-17(26-16)13-24-11-9-20(10-12-24)7-8-21(19(25)22(2)3)15-23(4)14-18(20)21/h5-6,18H,7-15H2,1-4H3/t18-,21+/m1/s1. The third-order valence-corrected chi connectivity index (χ3v) is 7.38. The first-order chi connectivity index (χ1) is 12.3. The lowest BCUT2D eigenvalue weighted by Gasteiger charge is -2.44. The first kappa shape index (κ1) is 18.1. The zero-order valence-electron chi connectivity index (χ0n) is 16.8. The van der Waals surface area contributed by atoms with Crippen LogP contribution in [0.4, 0.5) is 0 Å². The minimum Gasteiger partial charge on any atom is -0.465 e. The van der Waals surface area contributed by atoms with Crippen molar-refractivity contribution in [2.45, 2.75) is 39.2 Å². The highest BCUT2D eigenvalue weighted by molar-refractivity contribution is 5.84. The second-order valence-electron chi connectivity index (χ2n) is 9.26. The van der Waals surface area contributed by atoms with Crippen molar-refractivity contribution in [3.05, 3.63) is 23.7 Å². The average Bonchev–Trinajstić information content (AvgIpc) is 3.24. The number of nitrogens with zero attached hydrogens (tertiary/aromatic N) is 3. The van der Waals surface area contributed by atoms with Gasteiger partial charge in [0.1, 0.15) is 11.5 Å². The normalized spacial score (nSPS) is 31.5. The summed E-state index contributed by atoms with van der Waals surface area (Å²) in [6.07, 6.45) is 4.72. The van der Waals surface area contributed by atoms with Gasteiger partial charge in [-0.15, -0.1) is 0 Å². The van der Waals surface area contributed by atoms with Gasteiger partial charge in [0, 0.05) is 27.2 Å². The number of piperidine rings is 1. The molecule has 144 valence electrons. The Morgan fingerprint density at radius 1 is 1.23 bits per heavy atom. The molecule has 0 aromatic carbocycles. The molecule has 4 rings (SSSR count). The summed E-state index contributed by atoms with van der Waals surface area (Å²) >= 11 is 0. The lowest BCUT2D eigenvalue weighted by Crippen LogP contribution is -2.48. The molecule has 1 amide bonds. The molecule has 3 heterocycles. The lowest BCUT2D eigenvalue weighted by atomic mass is 9.65. The Kier molecular flexibility index (Phi) is 4.43. The zero-order chi connectivity index (χ0) is 18.5. The summed E-state index contributed by atoms with van der Waals surface area (Å²) in [5.74, 6) is 2.94. The van der Waals surface area contributed by atoms with Gasteiger partial charge in [-0.2, -0.15) is 0 Å². The summed E-state index contributed by atoms with van der Waals surface area (Å²) in [6.45, 7) is 7.17. The molecule has 3 aliphatic rings. The van der Waals surface area contributed by atoms with E-state index in [1.807, 2.05) is 32.0 Å². The lowest BCUT2D eigenvalue weighted by molar-refractivity contribution is -0.141. The molecule has 2 aliphatic heterocycles. The van der Waals surface area contributed by atoms with Crippen LogP contribution in [0.15, 0.2) is 16.5 Å². The Balaban J connectivity index is 1.47. The SMILES string of the molecule is Cc1ccc(CN2CCC3(CC2)CC[C@]2(C(=O)N(C)C)CN(C)C[C@H]32)o1. The molecular formula is C21H33N3O2. The third kappa shape index (κ3) is 2.80. The monoisotopic (exact) mass is 359 g/mol. The van der Waals surface area contributed by atoms with Crippen LogP contribution in [0.5, 0.6) is 0 Å². The van der Waals surface area contributed by atoms with Crippen LogP contribution in [0.1, 0.15) is 37.2 Å². The molecule has 1 aliphatic carbocycles. The van der Waals surface area contributed by atoms with Crippen LogP contribution in [0.2, 0.25) is 0 Å². The molecule has 2 saturated heterocycles. The maximum absolute atomic E-state index is 13.1. The molecule has 1 aromatic rings. The molecular weight excluding hydrogens is 326 g/mol. The Labute approximate surface area is 157 Å². The van der Waals surface area contributed by atoms with Gasteiger partial charge < -0.3 is 14.2 Å². The first-order valence-electron chi connectivity index (χ1n) is 10.0. The molecule has 0 radical (unpaired) electrons. The Hall–Kier alpha value is -1.33. The fourth-order valence-electron chi connectivity index (χ4n) is 6.14. The van der Waals surface area contributed by atoms with Crippen molar-refractivity contribution in [2.75, 3.05) is 47.3 Å². The number of fused-ring (bicyclic) bond motifs is 2. The van der Waals surface area contributed by atoms with E-state index in [2.05, 4.69) is 22.9 Å². The average molecular weight is 360 g/mol. The summed E-state index contributed by atoms with van der Waals surface area (Å²) < 4.78 is 5.76. The fourth-order valence-corrected chi connectivity index (χ4v) is 6.14. The van der Waals surface area contributed by atoms with E-state index in [0.717, 1.165) is 50.7 Å². The molecule has 0 unspecified atom stereocenters. The van der Waals surface area contributed by atoms with Crippen LogP contribution in [-0.2, 0) is 11.3 Å². The van der Waals surface area contributed by atoms with Gasteiger partial charge in [0.25, 0.3) is 0 Å². The summed E-state index contributed by atoms with van der Waals surface area (Å²) in [7, 11) is 6.03. The van der Waals surface area contributed by atoms with E-state index in [9.17, 15) is 4.79 Å². The van der Waals surface area contributed by atoms with E-state index in [1.54, 1.807) is 0 Å². The number of hydrogen-bond acceptors (Lipinski definition) is 4. The van der Waals surface area contributed by atoms with Crippen LogP contribution in [0.25, 0.3) is 0 Å². The number of amides is 1. The fraction of sp³-hybridized carbons (Fsp3) is 0.762. The van der Waals surface area contributed by atoms with Crippen LogP contribution in [0, 0.1) is 23.7 Å². The van der Waals surface area contributed by atoms with Crippen LogP contribution < -0.4 is 0 Å². The van der Waals surface area contributed by atoms with Crippen LogP contribution in [-0.4, -0.2) is 67.9 Å². The van der Waals surface area contributed by atoms with E-state index in [4.69, 9.17) is 4.42 Å². The molecule has 0 N–H and O–H groups in total. The van der Waals surface area contributed by atoms with Crippen LogP contribution >= 0.6 is 0 Å². The van der Waals surface area contributed by atoms with Crippen LogP contribution in [0.3, 0.4) is 0 Å². The minimum atomic E-state index is -0.140. The predicted octanol–water partition coefficient (Wildman–Crippen LogP) is 2.60. The van der Waals surface area contributed by atoms with Gasteiger partial charge in [0.05, 0.1) is 12.0 Å². The van der Waals surface area contributed by atoms with Gasteiger partial charge in [-0.1, -0.05) is 0 Å². The summed E-state index contributed by atoms with van der Waals surface area (Å²) in [5, 5.41) is 0. The van der Waals surface area contributed by atoms with Crippen molar-refractivity contribution in [1.82, 2.24) is 14.7 Å². The largest absolute Gasteiger partial charge is 0.465 e. The van der Waals surface area contributed by atoms with E-state index in [0.29, 0.717) is 17.2 Å². The van der Waals surface area contributed by atoms with E-state index < -0.39 is 0 Å². The Morgan fingerprint density at radius 3 is 2.58 bits per heavy atom. The molecule has 1 spiro atoms. The topological polar surface area (TPSA) is 39.9 Å². The van der Waals surface area contributed by atoms with Crippen molar-refractivity contribution in [3.63, 3.8) is 0 Å². The van der Waals surface area contributed by atoms with Gasteiger partial charge >= 0.3 is 0 Å². The van der Waals surface area contributed by atoms with Crippen molar-refractivity contribution >= 4 is 5.91 Å². The third-order valence-electron chi connectivity index (χ3n) is 7.38. The number of likely N-dealkylation sites (tertiary alicyclic amines) is 2. The quantitative estimate of drug-likeness (QED) is 0.832. The van der Waals surface area contributed by atoms with Crippen molar-refractivity contribution in [2.24, 2.45) is 16.7 Å². The molecule has 2 atom stereocenters. The number of carbonyl (C=O) groups is 1. The van der Waals surface area contributed by atoms with Gasteiger partial charge in [0.15, 0.2) is 0 Å². The Morgan fingerprint density at radius 2 is 1.96 bits per heavy atom. The number of furan rings is 1. The summed E-state index contributed by atoms with van der Waals surface area (Å²) in [4.78, 5) is 19.9. The first-order valence-corrected chi connectivity index (χ1v) is 10.0. The molecule has 3 fully saturated rings. The zero-order valence-corrected chi connectivity index (χ0v) is 16.8. The maximum atomic E-state index is 13.1.